The first kappa shape index (κ1) is 13.8. The number of nitrogens with zero attached hydrogens (tertiary/aromatic N) is 1. The molecule has 0 bridgehead atoms. The Hall–Kier alpha value is -1.62. The number of aliphatic carboxylic acids is 1. The van der Waals surface area contributed by atoms with Crippen LogP contribution in [0.2, 0.25) is 0 Å². The highest BCUT2D eigenvalue weighted by molar-refractivity contribution is 9.10. The molecular weight excluding hydrogens is 308 g/mol. The summed E-state index contributed by atoms with van der Waals surface area (Å²) in [5.41, 5.74) is 1.36. The van der Waals surface area contributed by atoms with E-state index in [1.165, 1.54) is 0 Å². The topological polar surface area (TPSA) is 66.0 Å². The molecule has 2 rings (SSSR count). The number of aromatic nitrogens is 2. The summed E-state index contributed by atoms with van der Waals surface area (Å²) in [7, 11) is 0. The van der Waals surface area contributed by atoms with E-state index in [0.717, 1.165) is 15.7 Å². The van der Waals surface area contributed by atoms with Gasteiger partial charge in [-0.05, 0) is 6.07 Å². The van der Waals surface area contributed by atoms with Crippen LogP contribution < -0.4 is 0 Å². The number of carbonyl (C=O) groups is 1. The summed E-state index contributed by atoms with van der Waals surface area (Å²) in [6, 6.07) is 7.83. The molecule has 0 saturated heterocycles. The van der Waals surface area contributed by atoms with Crippen LogP contribution in [0.5, 0.6) is 0 Å². The number of carboxylic acids is 1. The number of rotatable bonds is 4. The second kappa shape index (κ2) is 5.17. The predicted molar refractivity (Wildman–Crippen MR) is 77.0 cm³/mol. The first-order valence-corrected chi connectivity index (χ1v) is 6.71. The highest BCUT2D eigenvalue weighted by Gasteiger charge is 2.27. The minimum Gasteiger partial charge on any atom is -0.481 e. The van der Waals surface area contributed by atoms with E-state index in [1.807, 2.05) is 38.1 Å². The van der Waals surface area contributed by atoms with Crippen molar-refractivity contribution in [2.45, 2.75) is 25.7 Å². The van der Waals surface area contributed by atoms with E-state index >= 15 is 0 Å². The van der Waals surface area contributed by atoms with Crippen LogP contribution in [-0.2, 0) is 10.2 Å². The zero-order chi connectivity index (χ0) is 14.0. The van der Waals surface area contributed by atoms with Gasteiger partial charge in [0.15, 0.2) is 0 Å². The quantitative estimate of drug-likeness (QED) is 0.903. The fraction of sp³-hybridized carbons (Fsp3) is 0.286. The fourth-order valence-electron chi connectivity index (χ4n) is 1.94. The minimum absolute atomic E-state index is 0.0376. The molecule has 0 spiro atoms. The molecule has 0 aliphatic heterocycles. The van der Waals surface area contributed by atoms with Gasteiger partial charge in [-0.1, -0.05) is 48.0 Å². The predicted octanol–water partition coefficient (Wildman–Crippen LogP) is 3.59. The number of benzene rings is 1. The van der Waals surface area contributed by atoms with Crippen molar-refractivity contribution in [1.29, 1.82) is 0 Å². The van der Waals surface area contributed by atoms with Crippen molar-refractivity contribution in [2.24, 2.45) is 0 Å². The molecule has 0 atom stereocenters. The Morgan fingerprint density at radius 2 is 2.11 bits per heavy atom. The van der Waals surface area contributed by atoms with Gasteiger partial charge in [0.1, 0.15) is 5.82 Å². The molecule has 1 heterocycles. The third-order valence-electron chi connectivity index (χ3n) is 2.97. The summed E-state index contributed by atoms with van der Waals surface area (Å²) in [5.74, 6) is -0.149. The average molecular weight is 323 g/mol. The zero-order valence-electron chi connectivity index (χ0n) is 10.8. The molecule has 4 nitrogen and oxygen atoms in total. The Morgan fingerprint density at radius 3 is 2.74 bits per heavy atom. The van der Waals surface area contributed by atoms with Gasteiger partial charge in [-0.2, -0.15) is 0 Å². The van der Waals surface area contributed by atoms with E-state index in [0.29, 0.717) is 5.82 Å². The third kappa shape index (κ3) is 3.04. The molecule has 0 aliphatic carbocycles. The Bertz CT molecular complexity index is 605. The van der Waals surface area contributed by atoms with Crippen molar-refractivity contribution in [3.63, 3.8) is 0 Å². The number of hydrogen-bond donors (Lipinski definition) is 2. The fourth-order valence-corrected chi connectivity index (χ4v) is 2.44. The Morgan fingerprint density at radius 1 is 1.42 bits per heavy atom. The smallest absolute Gasteiger partial charge is 0.304 e. The van der Waals surface area contributed by atoms with Crippen LogP contribution in [0, 0.1) is 0 Å². The molecule has 0 radical (unpaired) electrons. The lowest BCUT2D eigenvalue weighted by Gasteiger charge is -2.19. The van der Waals surface area contributed by atoms with Crippen molar-refractivity contribution >= 4 is 21.9 Å². The van der Waals surface area contributed by atoms with Crippen molar-refractivity contribution in [2.75, 3.05) is 0 Å². The largest absolute Gasteiger partial charge is 0.481 e. The summed E-state index contributed by atoms with van der Waals surface area (Å²) in [6.07, 6.45) is 1.77. The molecule has 100 valence electrons. The maximum Gasteiger partial charge on any atom is 0.304 e. The van der Waals surface area contributed by atoms with Crippen LogP contribution in [-0.4, -0.2) is 21.0 Å². The first-order chi connectivity index (χ1) is 8.90. The summed E-state index contributed by atoms with van der Waals surface area (Å²) < 4.78 is 0.973. The molecule has 19 heavy (non-hydrogen) atoms. The number of aromatic amines is 1. The molecule has 0 unspecified atom stereocenters. The van der Waals surface area contributed by atoms with Crippen LogP contribution in [0.25, 0.3) is 11.3 Å². The van der Waals surface area contributed by atoms with Gasteiger partial charge in [0.25, 0.3) is 0 Å². The minimum atomic E-state index is -0.830. The molecule has 2 N–H and O–H groups in total. The summed E-state index contributed by atoms with van der Waals surface area (Å²) in [6.45, 7) is 3.73. The molecule has 0 amide bonds. The Balaban J connectivity index is 2.34. The average Bonchev–Trinajstić information content (AvgIpc) is 2.77. The highest BCUT2D eigenvalue weighted by atomic mass is 79.9. The van der Waals surface area contributed by atoms with Crippen LogP contribution in [0.15, 0.2) is 34.9 Å². The molecule has 0 aliphatic rings. The van der Waals surface area contributed by atoms with Crippen molar-refractivity contribution in [3.8, 4) is 11.3 Å². The number of halogens is 1. The van der Waals surface area contributed by atoms with Crippen molar-refractivity contribution in [3.05, 3.63) is 40.8 Å². The number of imidazole rings is 1. The number of nitrogens with one attached hydrogen (secondary N) is 1. The second-order valence-electron chi connectivity index (χ2n) is 5.08. The van der Waals surface area contributed by atoms with E-state index in [-0.39, 0.29) is 6.42 Å². The lowest BCUT2D eigenvalue weighted by atomic mass is 9.88. The van der Waals surface area contributed by atoms with E-state index in [1.54, 1.807) is 6.20 Å². The lowest BCUT2D eigenvalue weighted by Crippen LogP contribution is -2.23. The van der Waals surface area contributed by atoms with Gasteiger partial charge in [0.2, 0.25) is 0 Å². The molecular formula is C14H15BrN2O2. The van der Waals surface area contributed by atoms with Crippen molar-refractivity contribution < 1.29 is 9.90 Å². The number of H-pyrrole nitrogens is 1. The summed E-state index contributed by atoms with van der Waals surface area (Å²) in [4.78, 5) is 18.4. The molecule has 0 fully saturated rings. The summed E-state index contributed by atoms with van der Waals surface area (Å²) in [5, 5.41) is 8.93. The van der Waals surface area contributed by atoms with Crippen molar-refractivity contribution in [1.82, 2.24) is 9.97 Å². The van der Waals surface area contributed by atoms with Gasteiger partial charge in [-0.3, -0.25) is 4.79 Å². The molecule has 5 heteroatoms. The van der Waals surface area contributed by atoms with Crippen LogP contribution in [0.4, 0.5) is 0 Å². The van der Waals surface area contributed by atoms with Gasteiger partial charge in [-0.25, -0.2) is 4.98 Å². The number of hydrogen-bond acceptors (Lipinski definition) is 2. The molecule has 0 saturated carbocycles. The second-order valence-corrected chi connectivity index (χ2v) is 5.93. The van der Waals surface area contributed by atoms with Gasteiger partial charge in [0.05, 0.1) is 18.3 Å². The maximum atomic E-state index is 10.9. The van der Waals surface area contributed by atoms with Crippen LogP contribution in [0.3, 0.4) is 0 Å². The molecule has 2 aromatic rings. The van der Waals surface area contributed by atoms with E-state index in [4.69, 9.17) is 5.11 Å². The molecule has 1 aromatic carbocycles. The van der Waals surface area contributed by atoms with Gasteiger partial charge < -0.3 is 10.1 Å². The standard InChI is InChI=1S/C14H15BrN2O2/c1-14(2,7-12(18)19)13-16-8-11(17-13)9-5-3-4-6-10(9)15/h3-6,8H,7H2,1-2H3,(H,16,17)(H,18,19). The summed E-state index contributed by atoms with van der Waals surface area (Å²) >= 11 is 3.49. The van der Waals surface area contributed by atoms with Gasteiger partial charge in [-0.15, -0.1) is 0 Å². The van der Waals surface area contributed by atoms with E-state index in [2.05, 4.69) is 25.9 Å². The van der Waals surface area contributed by atoms with E-state index < -0.39 is 11.4 Å². The normalized spacial score (nSPS) is 11.5. The number of carboxylic acid groups (broad SMARTS) is 1. The first-order valence-electron chi connectivity index (χ1n) is 5.92. The zero-order valence-corrected chi connectivity index (χ0v) is 12.4. The lowest BCUT2D eigenvalue weighted by molar-refractivity contribution is -0.138. The van der Waals surface area contributed by atoms with Gasteiger partial charge >= 0.3 is 5.97 Å². The van der Waals surface area contributed by atoms with Gasteiger partial charge in [0, 0.05) is 15.5 Å². The highest BCUT2D eigenvalue weighted by Crippen LogP contribution is 2.30. The van der Waals surface area contributed by atoms with Crippen LogP contribution >= 0.6 is 15.9 Å². The SMILES string of the molecule is CC(C)(CC(=O)O)c1ncc(-c2ccccc2Br)[nH]1. The monoisotopic (exact) mass is 322 g/mol. The third-order valence-corrected chi connectivity index (χ3v) is 3.67. The van der Waals surface area contributed by atoms with E-state index in [9.17, 15) is 4.79 Å². The Labute approximate surface area is 120 Å². The molecule has 1 aromatic heterocycles. The maximum absolute atomic E-state index is 10.9. The van der Waals surface area contributed by atoms with Crippen LogP contribution in [0.1, 0.15) is 26.1 Å². The Kier molecular flexibility index (Phi) is 3.75.